The zero-order valence-corrected chi connectivity index (χ0v) is 14.3. The third kappa shape index (κ3) is 4.57. The van der Waals surface area contributed by atoms with Gasteiger partial charge in [-0.25, -0.2) is 0 Å². The summed E-state index contributed by atoms with van der Waals surface area (Å²) in [6.07, 6.45) is 0. The number of carbonyl (C=O) groups is 1. The molecule has 0 aromatic carbocycles. The topological polar surface area (TPSA) is 54.9 Å². The van der Waals surface area contributed by atoms with Gasteiger partial charge >= 0.3 is 0 Å². The molecule has 20 heavy (non-hydrogen) atoms. The van der Waals surface area contributed by atoms with E-state index in [4.69, 9.17) is 0 Å². The number of rotatable bonds is 5. The van der Waals surface area contributed by atoms with Gasteiger partial charge in [0.25, 0.3) is 0 Å². The zero-order chi connectivity index (χ0) is 14.8. The second-order valence-electron chi connectivity index (χ2n) is 5.37. The van der Waals surface area contributed by atoms with Crippen molar-refractivity contribution in [1.82, 2.24) is 10.2 Å². The van der Waals surface area contributed by atoms with Crippen LogP contribution in [0.3, 0.4) is 0 Å². The highest BCUT2D eigenvalue weighted by Crippen LogP contribution is 2.28. The minimum absolute atomic E-state index is 0.0359. The quantitative estimate of drug-likeness (QED) is 0.662. The van der Waals surface area contributed by atoms with Crippen LogP contribution < -0.4 is 5.32 Å². The predicted molar refractivity (Wildman–Crippen MR) is 87.4 cm³/mol. The molecule has 7 heteroatoms. The Kier molecular flexibility index (Phi) is 4.82. The molecule has 2 heterocycles. The first-order valence-corrected chi connectivity index (χ1v) is 8.79. The van der Waals surface area contributed by atoms with Gasteiger partial charge in [-0.05, 0) is 39.8 Å². The molecule has 0 bridgehead atoms. The van der Waals surface area contributed by atoms with Gasteiger partial charge in [-0.2, -0.15) is 0 Å². The van der Waals surface area contributed by atoms with E-state index in [-0.39, 0.29) is 11.3 Å². The number of carbonyl (C=O) groups excluding carboxylic acids is 1. The van der Waals surface area contributed by atoms with Crippen molar-refractivity contribution in [3.8, 4) is 0 Å². The van der Waals surface area contributed by atoms with Crippen molar-refractivity contribution in [2.45, 2.75) is 37.6 Å². The van der Waals surface area contributed by atoms with Gasteiger partial charge in [0, 0.05) is 10.4 Å². The van der Waals surface area contributed by atoms with Crippen LogP contribution >= 0.6 is 34.4 Å². The van der Waals surface area contributed by atoms with Gasteiger partial charge in [-0.3, -0.25) is 4.79 Å². The van der Waals surface area contributed by atoms with Crippen molar-refractivity contribution >= 4 is 45.4 Å². The fraction of sp³-hybridized carbons (Fsp3) is 0.462. The summed E-state index contributed by atoms with van der Waals surface area (Å²) in [6, 6.07) is 3.86. The van der Waals surface area contributed by atoms with Gasteiger partial charge in [-0.1, -0.05) is 23.1 Å². The molecule has 4 nitrogen and oxygen atoms in total. The number of Topliss-reactive ketones (excluding diaryl/α,β-unsaturated/α-hetero) is 1. The molecule has 2 aromatic rings. The number of aromatic nitrogens is 2. The maximum absolute atomic E-state index is 12.0. The van der Waals surface area contributed by atoms with Gasteiger partial charge in [-0.15, -0.1) is 21.5 Å². The third-order valence-electron chi connectivity index (χ3n) is 2.23. The molecule has 108 valence electrons. The van der Waals surface area contributed by atoms with Gasteiger partial charge < -0.3 is 5.32 Å². The maximum atomic E-state index is 12.0. The normalized spacial score (nSPS) is 11.6. The van der Waals surface area contributed by atoms with Crippen LogP contribution in [0, 0.1) is 6.92 Å². The lowest BCUT2D eigenvalue weighted by Crippen LogP contribution is -2.25. The number of nitrogens with zero attached hydrogens (tertiary/aromatic N) is 2. The van der Waals surface area contributed by atoms with Crippen LogP contribution in [0.4, 0.5) is 5.13 Å². The van der Waals surface area contributed by atoms with E-state index in [2.05, 4.69) is 36.3 Å². The van der Waals surface area contributed by atoms with E-state index in [0.717, 1.165) is 19.2 Å². The second kappa shape index (κ2) is 6.24. The molecule has 1 N–H and O–H groups in total. The van der Waals surface area contributed by atoms with Crippen LogP contribution in [0.1, 0.15) is 35.3 Å². The molecule has 0 aliphatic heterocycles. The summed E-state index contributed by atoms with van der Waals surface area (Å²) in [4.78, 5) is 14.0. The van der Waals surface area contributed by atoms with Crippen molar-refractivity contribution in [3.05, 3.63) is 21.9 Å². The molecule has 0 fully saturated rings. The number of thiophene rings is 1. The fourth-order valence-corrected chi connectivity index (χ4v) is 4.16. The Morgan fingerprint density at radius 2 is 2.05 bits per heavy atom. The van der Waals surface area contributed by atoms with Crippen LogP contribution in [0.5, 0.6) is 0 Å². The molecule has 0 aliphatic rings. The van der Waals surface area contributed by atoms with Crippen LogP contribution in [-0.4, -0.2) is 27.3 Å². The van der Waals surface area contributed by atoms with Gasteiger partial charge in [0.15, 0.2) is 10.1 Å². The summed E-state index contributed by atoms with van der Waals surface area (Å²) >= 11 is 4.46. The molecule has 0 saturated carbocycles. The second-order valence-corrected chi connectivity index (χ2v) is 8.86. The molecule has 2 aromatic heterocycles. The molecular weight excluding hydrogens is 310 g/mol. The average molecular weight is 328 g/mol. The van der Waals surface area contributed by atoms with Gasteiger partial charge in [0.05, 0.1) is 10.6 Å². The van der Waals surface area contributed by atoms with E-state index >= 15 is 0 Å². The Labute approximate surface area is 131 Å². The first kappa shape index (κ1) is 15.5. The molecule has 0 spiro atoms. The standard InChI is InChI=1S/C13H17N3OS3/c1-8-5-6-10(19-8)9(17)7-18-12-16-15-11(20-12)14-13(2,3)4/h5-6H,7H2,1-4H3,(H,14,15). The number of hydrogen-bond donors (Lipinski definition) is 1. The highest BCUT2D eigenvalue weighted by atomic mass is 32.2. The monoisotopic (exact) mass is 327 g/mol. The molecule has 0 saturated heterocycles. The largest absolute Gasteiger partial charge is 0.355 e. The fourth-order valence-electron chi connectivity index (χ4n) is 1.42. The van der Waals surface area contributed by atoms with E-state index in [1.54, 1.807) is 0 Å². The Morgan fingerprint density at radius 3 is 2.65 bits per heavy atom. The predicted octanol–water partition coefficient (Wildman–Crippen LogP) is 4.09. The van der Waals surface area contributed by atoms with E-state index < -0.39 is 0 Å². The van der Waals surface area contributed by atoms with Crippen LogP contribution in [0.15, 0.2) is 16.5 Å². The minimum Gasteiger partial charge on any atom is -0.355 e. The van der Waals surface area contributed by atoms with E-state index in [0.29, 0.717) is 5.75 Å². The van der Waals surface area contributed by atoms with Crippen LogP contribution in [0.25, 0.3) is 0 Å². The van der Waals surface area contributed by atoms with Crippen molar-refractivity contribution in [2.24, 2.45) is 0 Å². The molecule has 0 aliphatic carbocycles. The number of anilines is 1. The molecule has 0 radical (unpaired) electrons. The maximum Gasteiger partial charge on any atom is 0.206 e. The Morgan fingerprint density at radius 1 is 1.30 bits per heavy atom. The van der Waals surface area contributed by atoms with Gasteiger partial charge in [0.1, 0.15) is 0 Å². The summed E-state index contributed by atoms with van der Waals surface area (Å²) in [5.41, 5.74) is -0.0359. The first-order valence-electron chi connectivity index (χ1n) is 6.17. The summed E-state index contributed by atoms with van der Waals surface area (Å²) in [7, 11) is 0. The molecular formula is C13H17N3OS3. The lowest BCUT2D eigenvalue weighted by atomic mass is 10.1. The van der Waals surface area contributed by atoms with Crippen molar-refractivity contribution < 1.29 is 4.79 Å². The highest BCUT2D eigenvalue weighted by molar-refractivity contribution is 8.01. The van der Waals surface area contributed by atoms with E-state index in [1.807, 2.05) is 19.1 Å². The van der Waals surface area contributed by atoms with E-state index in [1.165, 1.54) is 34.4 Å². The molecule has 0 amide bonds. The number of nitrogens with one attached hydrogen (secondary N) is 1. The number of aryl methyl sites for hydroxylation is 1. The Bertz CT molecular complexity index is 598. The van der Waals surface area contributed by atoms with Crippen LogP contribution in [0.2, 0.25) is 0 Å². The van der Waals surface area contributed by atoms with Crippen molar-refractivity contribution in [3.63, 3.8) is 0 Å². The van der Waals surface area contributed by atoms with Gasteiger partial charge in [0.2, 0.25) is 5.13 Å². The lowest BCUT2D eigenvalue weighted by molar-refractivity contribution is 0.102. The van der Waals surface area contributed by atoms with Crippen molar-refractivity contribution in [1.29, 1.82) is 0 Å². The third-order valence-corrected chi connectivity index (χ3v) is 5.24. The minimum atomic E-state index is -0.0359. The smallest absolute Gasteiger partial charge is 0.206 e. The summed E-state index contributed by atoms with van der Waals surface area (Å²) in [5, 5.41) is 12.2. The Hall–Kier alpha value is -0.920. The summed E-state index contributed by atoms with van der Waals surface area (Å²) in [6.45, 7) is 8.22. The van der Waals surface area contributed by atoms with E-state index in [9.17, 15) is 4.79 Å². The molecule has 0 atom stereocenters. The van der Waals surface area contributed by atoms with Crippen molar-refractivity contribution in [2.75, 3.05) is 11.1 Å². The molecule has 2 rings (SSSR count). The SMILES string of the molecule is Cc1ccc(C(=O)CSc2nnc(NC(C)(C)C)s2)s1. The summed E-state index contributed by atoms with van der Waals surface area (Å²) < 4.78 is 0.818. The average Bonchev–Trinajstić information content (AvgIpc) is 2.93. The summed E-state index contributed by atoms with van der Waals surface area (Å²) in [5.74, 6) is 0.554. The zero-order valence-electron chi connectivity index (χ0n) is 11.9. The van der Waals surface area contributed by atoms with Crippen LogP contribution in [-0.2, 0) is 0 Å². The molecule has 0 unspecified atom stereocenters. The number of hydrogen-bond acceptors (Lipinski definition) is 7. The highest BCUT2D eigenvalue weighted by Gasteiger charge is 2.15. The lowest BCUT2D eigenvalue weighted by Gasteiger charge is -2.18. The Balaban J connectivity index is 1.90. The number of ketones is 1. The first-order chi connectivity index (χ1) is 9.33. The number of thioether (sulfide) groups is 1.